The zero-order chi connectivity index (χ0) is 24.7. The maximum atomic E-state index is 13.1. The van der Waals surface area contributed by atoms with Crippen LogP contribution in [0.4, 0.5) is 0 Å². The summed E-state index contributed by atoms with van der Waals surface area (Å²) >= 11 is 0. The van der Waals surface area contributed by atoms with Crippen molar-refractivity contribution in [3.05, 3.63) is 29.8 Å². The molecule has 1 atom stereocenters. The van der Waals surface area contributed by atoms with E-state index in [9.17, 15) is 22.8 Å². The summed E-state index contributed by atoms with van der Waals surface area (Å²) in [7, 11) is -3.72. The number of amides is 2. The van der Waals surface area contributed by atoms with E-state index < -0.39 is 16.0 Å². The van der Waals surface area contributed by atoms with Crippen molar-refractivity contribution in [3.8, 4) is 0 Å². The van der Waals surface area contributed by atoms with Gasteiger partial charge in [-0.05, 0) is 63.3 Å². The SMILES string of the molecule is CCCNC(=O)C1CCCN(C(=O)C2CCN(S(=O)(=O)c3ccc(C(=O)OCC)cc3)CC2)C1. The third kappa shape index (κ3) is 6.15. The molecule has 188 valence electrons. The summed E-state index contributed by atoms with van der Waals surface area (Å²) < 4.78 is 32.4. The number of sulfonamides is 1. The van der Waals surface area contributed by atoms with Crippen LogP contribution in [0.1, 0.15) is 56.3 Å². The van der Waals surface area contributed by atoms with Crippen molar-refractivity contribution >= 4 is 27.8 Å². The molecule has 0 saturated carbocycles. The molecule has 0 aromatic heterocycles. The van der Waals surface area contributed by atoms with Gasteiger partial charge in [0.05, 0.1) is 23.0 Å². The summed E-state index contributed by atoms with van der Waals surface area (Å²) in [4.78, 5) is 39.1. The number of piperidine rings is 2. The number of rotatable bonds is 8. The molecule has 2 fully saturated rings. The van der Waals surface area contributed by atoms with Crippen LogP contribution >= 0.6 is 0 Å². The molecule has 3 rings (SSSR count). The van der Waals surface area contributed by atoms with Crippen LogP contribution in [0.25, 0.3) is 0 Å². The molecule has 0 radical (unpaired) electrons. The predicted octanol–water partition coefficient (Wildman–Crippen LogP) is 2.03. The van der Waals surface area contributed by atoms with Crippen molar-refractivity contribution in [2.45, 2.75) is 50.8 Å². The summed E-state index contributed by atoms with van der Waals surface area (Å²) in [6, 6.07) is 5.72. The van der Waals surface area contributed by atoms with Crippen LogP contribution < -0.4 is 5.32 Å². The highest BCUT2D eigenvalue weighted by Crippen LogP contribution is 2.27. The maximum absolute atomic E-state index is 13.1. The molecular formula is C24H35N3O6S. The van der Waals surface area contributed by atoms with E-state index in [2.05, 4.69) is 5.32 Å². The number of benzene rings is 1. The van der Waals surface area contributed by atoms with E-state index in [0.29, 0.717) is 38.0 Å². The Hall–Kier alpha value is -2.46. The Kier molecular flexibility index (Phi) is 9.07. The molecule has 34 heavy (non-hydrogen) atoms. The predicted molar refractivity (Wildman–Crippen MR) is 126 cm³/mol. The van der Waals surface area contributed by atoms with Gasteiger partial charge in [0.25, 0.3) is 0 Å². The first-order chi connectivity index (χ1) is 16.3. The quantitative estimate of drug-likeness (QED) is 0.555. The van der Waals surface area contributed by atoms with Crippen molar-refractivity contribution in [1.82, 2.24) is 14.5 Å². The number of nitrogens with zero attached hydrogens (tertiary/aromatic N) is 2. The number of carbonyl (C=O) groups is 3. The Labute approximate surface area is 201 Å². The van der Waals surface area contributed by atoms with Gasteiger partial charge >= 0.3 is 5.97 Å². The summed E-state index contributed by atoms with van der Waals surface area (Å²) in [5, 5.41) is 2.92. The fourth-order valence-electron chi connectivity index (χ4n) is 4.51. The molecule has 9 nitrogen and oxygen atoms in total. The van der Waals surface area contributed by atoms with Crippen LogP contribution in [0.15, 0.2) is 29.2 Å². The van der Waals surface area contributed by atoms with E-state index in [1.165, 1.54) is 28.6 Å². The van der Waals surface area contributed by atoms with Gasteiger partial charge in [0.1, 0.15) is 0 Å². The van der Waals surface area contributed by atoms with E-state index in [4.69, 9.17) is 4.74 Å². The van der Waals surface area contributed by atoms with Crippen LogP contribution in [0.5, 0.6) is 0 Å². The van der Waals surface area contributed by atoms with Crippen LogP contribution in [-0.4, -0.2) is 74.7 Å². The van der Waals surface area contributed by atoms with Gasteiger partial charge in [0, 0.05) is 38.6 Å². The molecule has 1 N–H and O–H groups in total. The lowest BCUT2D eigenvalue weighted by Crippen LogP contribution is -2.49. The van der Waals surface area contributed by atoms with Gasteiger partial charge in [-0.3, -0.25) is 9.59 Å². The number of ether oxygens (including phenoxy) is 1. The molecule has 0 aliphatic carbocycles. The van der Waals surface area contributed by atoms with Crippen molar-refractivity contribution < 1.29 is 27.5 Å². The summed E-state index contributed by atoms with van der Waals surface area (Å²) in [6.07, 6.45) is 3.35. The minimum atomic E-state index is -3.72. The Bertz CT molecular complexity index is 971. The highest BCUT2D eigenvalue weighted by Gasteiger charge is 2.36. The van der Waals surface area contributed by atoms with Crippen molar-refractivity contribution in [3.63, 3.8) is 0 Å². The Morgan fingerprint density at radius 3 is 2.29 bits per heavy atom. The first-order valence-corrected chi connectivity index (χ1v) is 13.6. The normalized spacial score (nSPS) is 20.1. The third-order valence-electron chi connectivity index (χ3n) is 6.46. The fraction of sp³-hybridized carbons (Fsp3) is 0.625. The summed E-state index contributed by atoms with van der Waals surface area (Å²) in [5.74, 6) is -0.885. The lowest BCUT2D eigenvalue weighted by atomic mass is 9.92. The lowest BCUT2D eigenvalue weighted by molar-refractivity contribution is -0.140. The largest absolute Gasteiger partial charge is 0.462 e. The highest BCUT2D eigenvalue weighted by atomic mass is 32.2. The highest BCUT2D eigenvalue weighted by molar-refractivity contribution is 7.89. The van der Waals surface area contributed by atoms with Crippen LogP contribution in [0.3, 0.4) is 0 Å². The van der Waals surface area contributed by atoms with E-state index in [-0.39, 0.29) is 48.2 Å². The Morgan fingerprint density at radius 2 is 1.68 bits per heavy atom. The van der Waals surface area contributed by atoms with Gasteiger partial charge in [-0.25, -0.2) is 13.2 Å². The zero-order valence-corrected chi connectivity index (χ0v) is 20.8. The third-order valence-corrected chi connectivity index (χ3v) is 8.37. The van der Waals surface area contributed by atoms with Crippen molar-refractivity contribution in [2.75, 3.05) is 39.3 Å². The molecule has 2 saturated heterocycles. The van der Waals surface area contributed by atoms with Gasteiger partial charge in [0.15, 0.2) is 0 Å². The topological polar surface area (TPSA) is 113 Å². The minimum Gasteiger partial charge on any atom is -0.462 e. The van der Waals surface area contributed by atoms with Gasteiger partial charge in [-0.2, -0.15) is 4.31 Å². The number of likely N-dealkylation sites (tertiary alicyclic amines) is 1. The van der Waals surface area contributed by atoms with E-state index >= 15 is 0 Å². The molecule has 2 aliphatic rings. The summed E-state index contributed by atoms with van der Waals surface area (Å²) in [5.41, 5.74) is 0.299. The van der Waals surface area contributed by atoms with E-state index in [0.717, 1.165) is 19.3 Å². The van der Waals surface area contributed by atoms with E-state index in [1.807, 2.05) is 6.92 Å². The molecule has 0 spiro atoms. The average Bonchev–Trinajstić information content (AvgIpc) is 2.87. The molecule has 1 aromatic rings. The first kappa shape index (κ1) is 26.2. The smallest absolute Gasteiger partial charge is 0.338 e. The van der Waals surface area contributed by atoms with Crippen LogP contribution in [0.2, 0.25) is 0 Å². The number of carbonyl (C=O) groups excluding carboxylic acids is 3. The van der Waals surface area contributed by atoms with Crippen molar-refractivity contribution in [1.29, 1.82) is 0 Å². The van der Waals surface area contributed by atoms with Crippen LogP contribution in [0, 0.1) is 11.8 Å². The second-order valence-electron chi connectivity index (χ2n) is 8.84. The second kappa shape index (κ2) is 11.8. The lowest BCUT2D eigenvalue weighted by Gasteiger charge is -2.37. The minimum absolute atomic E-state index is 0.00855. The Morgan fingerprint density at radius 1 is 1.00 bits per heavy atom. The molecule has 1 unspecified atom stereocenters. The van der Waals surface area contributed by atoms with E-state index in [1.54, 1.807) is 11.8 Å². The monoisotopic (exact) mass is 493 g/mol. The molecule has 10 heteroatoms. The molecule has 2 heterocycles. The van der Waals surface area contributed by atoms with Gasteiger partial charge in [-0.15, -0.1) is 0 Å². The molecule has 1 aromatic carbocycles. The molecular weight excluding hydrogens is 458 g/mol. The second-order valence-corrected chi connectivity index (χ2v) is 10.8. The number of esters is 1. The first-order valence-electron chi connectivity index (χ1n) is 12.1. The van der Waals surface area contributed by atoms with Gasteiger partial charge in [0.2, 0.25) is 21.8 Å². The van der Waals surface area contributed by atoms with Gasteiger partial charge < -0.3 is 15.0 Å². The standard InChI is InChI=1S/C24H35N3O6S/c1-3-13-25-22(28)20-6-5-14-26(17-20)23(29)18-11-15-27(16-12-18)34(31,32)21-9-7-19(8-10-21)24(30)33-4-2/h7-10,18,20H,3-6,11-17H2,1-2H3,(H,25,28). The van der Waals surface area contributed by atoms with Crippen LogP contribution in [-0.2, 0) is 24.3 Å². The molecule has 2 aliphatic heterocycles. The van der Waals surface area contributed by atoms with Gasteiger partial charge in [-0.1, -0.05) is 6.92 Å². The van der Waals surface area contributed by atoms with Crippen molar-refractivity contribution in [2.24, 2.45) is 11.8 Å². The number of nitrogens with one attached hydrogen (secondary N) is 1. The Balaban J connectivity index is 1.56. The summed E-state index contributed by atoms with van der Waals surface area (Å²) in [6.45, 7) is 6.18. The molecule has 0 bridgehead atoms. The fourth-order valence-corrected chi connectivity index (χ4v) is 5.98. The maximum Gasteiger partial charge on any atom is 0.338 e. The number of hydrogen-bond acceptors (Lipinski definition) is 6. The average molecular weight is 494 g/mol. The zero-order valence-electron chi connectivity index (χ0n) is 20.0. The number of hydrogen-bond donors (Lipinski definition) is 1. The molecule has 2 amide bonds.